The number of nitrogens with one attached hydrogen (secondary N) is 2. The monoisotopic (exact) mass is 180 g/mol. The number of aromatic amines is 1. The summed E-state index contributed by atoms with van der Waals surface area (Å²) < 4.78 is 0. The molecule has 4 heteroatoms. The van der Waals surface area contributed by atoms with Gasteiger partial charge in [-0.05, 0) is 31.0 Å². The molecule has 0 spiro atoms. The number of rotatable bonds is 1. The van der Waals surface area contributed by atoms with E-state index < -0.39 is 5.97 Å². The van der Waals surface area contributed by atoms with Crippen molar-refractivity contribution in [2.75, 3.05) is 6.54 Å². The topological polar surface area (TPSA) is 65.1 Å². The van der Waals surface area contributed by atoms with E-state index in [0.29, 0.717) is 5.69 Å². The van der Waals surface area contributed by atoms with Gasteiger partial charge in [-0.15, -0.1) is 0 Å². The van der Waals surface area contributed by atoms with Gasteiger partial charge in [0.25, 0.3) is 0 Å². The number of hydrogen-bond acceptors (Lipinski definition) is 2. The predicted octanol–water partition coefficient (Wildman–Crippen LogP) is 0.749. The summed E-state index contributed by atoms with van der Waals surface area (Å²) in [6, 6.07) is 1.72. The van der Waals surface area contributed by atoms with Crippen LogP contribution in [0.15, 0.2) is 6.07 Å². The summed E-state index contributed by atoms with van der Waals surface area (Å²) in [6.45, 7) is 1.78. The standard InChI is InChI=1S/C9H12N2O2/c12-9(13)8-4-6-5-10-3-1-2-7(6)11-8/h4,10-11H,1-3,5H2,(H,12,13). The molecule has 3 N–H and O–H groups in total. The number of fused-ring (bicyclic) bond motifs is 1. The van der Waals surface area contributed by atoms with Crippen molar-refractivity contribution in [2.45, 2.75) is 19.4 Å². The van der Waals surface area contributed by atoms with Crippen molar-refractivity contribution in [1.29, 1.82) is 0 Å². The van der Waals surface area contributed by atoms with Crippen LogP contribution in [0, 0.1) is 0 Å². The van der Waals surface area contributed by atoms with Gasteiger partial charge in [0.2, 0.25) is 0 Å². The molecule has 0 unspecified atom stereocenters. The molecule has 4 nitrogen and oxygen atoms in total. The normalized spacial score (nSPS) is 16.3. The third-order valence-electron chi connectivity index (χ3n) is 2.32. The Labute approximate surface area is 76.0 Å². The zero-order valence-electron chi connectivity index (χ0n) is 7.26. The first kappa shape index (κ1) is 8.31. The van der Waals surface area contributed by atoms with Crippen molar-refractivity contribution < 1.29 is 9.90 Å². The van der Waals surface area contributed by atoms with Crippen LogP contribution in [-0.4, -0.2) is 22.6 Å². The molecule has 0 aliphatic carbocycles. The molecule has 1 aliphatic heterocycles. The first-order valence-electron chi connectivity index (χ1n) is 4.42. The Balaban J connectivity index is 2.32. The summed E-state index contributed by atoms with van der Waals surface area (Å²) in [6.07, 6.45) is 2.00. The summed E-state index contributed by atoms with van der Waals surface area (Å²) in [7, 11) is 0. The second-order valence-electron chi connectivity index (χ2n) is 3.27. The second-order valence-corrected chi connectivity index (χ2v) is 3.27. The van der Waals surface area contributed by atoms with Crippen LogP contribution < -0.4 is 5.32 Å². The first-order valence-corrected chi connectivity index (χ1v) is 4.42. The van der Waals surface area contributed by atoms with E-state index in [1.165, 1.54) is 0 Å². The van der Waals surface area contributed by atoms with Gasteiger partial charge in [-0.1, -0.05) is 0 Å². The molecule has 2 rings (SSSR count). The highest BCUT2D eigenvalue weighted by Crippen LogP contribution is 2.15. The number of hydrogen-bond donors (Lipinski definition) is 3. The van der Waals surface area contributed by atoms with E-state index in [4.69, 9.17) is 5.11 Å². The molecule has 0 bridgehead atoms. The van der Waals surface area contributed by atoms with E-state index >= 15 is 0 Å². The Bertz CT molecular complexity index is 307. The lowest BCUT2D eigenvalue weighted by molar-refractivity contribution is 0.0691. The maximum absolute atomic E-state index is 10.7. The molecule has 0 amide bonds. The summed E-state index contributed by atoms with van der Waals surface area (Å²) in [5.74, 6) is -0.881. The third kappa shape index (κ3) is 1.58. The van der Waals surface area contributed by atoms with Crippen molar-refractivity contribution in [3.63, 3.8) is 0 Å². The molecule has 0 aromatic carbocycles. The minimum absolute atomic E-state index is 0.300. The van der Waals surface area contributed by atoms with Crippen LogP contribution in [0.3, 0.4) is 0 Å². The SMILES string of the molecule is O=C(O)c1cc2c([nH]1)CCCNC2. The van der Waals surface area contributed by atoms with Crippen molar-refractivity contribution in [1.82, 2.24) is 10.3 Å². The number of carbonyl (C=O) groups is 1. The minimum Gasteiger partial charge on any atom is -0.477 e. The van der Waals surface area contributed by atoms with E-state index in [0.717, 1.165) is 37.2 Å². The fourth-order valence-electron chi connectivity index (χ4n) is 1.65. The van der Waals surface area contributed by atoms with Gasteiger partial charge in [0, 0.05) is 12.2 Å². The Kier molecular flexibility index (Phi) is 2.06. The van der Waals surface area contributed by atoms with Crippen LogP contribution >= 0.6 is 0 Å². The maximum atomic E-state index is 10.7. The van der Waals surface area contributed by atoms with Crippen LogP contribution in [0.2, 0.25) is 0 Å². The summed E-state index contributed by atoms with van der Waals surface area (Å²) >= 11 is 0. The van der Waals surface area contributed by atoms with Gasteiger partial charge in [-0.2, -0.15) is 0 Å². The van der Waals surface area contributed by atoms with Crippen LogP contribution in [-0.2, 0) is 13.0 Å². The molecule has 13 heavy (non-hydrogen) atoms. The van der Waals surface area contributed by atoms with Gasteiger partial charge in [0.05, 0.1) is 0 Å². The van der Waals surface area contributed by atoms with Crippen LogP contribution in [0.25, 0.3) is 0 Å². The van der Waals surface area contributed by atoms with Gasteiger partial charge in [-0.25, -0.2) is 4.79 Å². The summed E-state index contributed by atoms with van der Waals surface area (Å²) in [4.78, 5) is 13.6. The number of aryl methyl sites for hydroxylation is 1. The molecule has 70 valence electrons. The molecular formula is C9H12N2O2. The molecule has 0 fully saturated rings. The molecule has 1 aromatic heterocycles. The average Bonchev–Trinajstić information content (AvgIpc) is 2.38. The summed E-state index contributed by atoms with van der Waals surface area (Å²) in [5.41, 5.74) is 2.46. The van der Waals surface area contributed by atoms with E-state index in [9.17, 15) is 4.79 Å². The average molecular weight is 180 g/mol. The smallest absolute Gasteiger partial charge is 0.352 e. The summed E-state index contributed by atoms with van der Waals surface area (Å²) in [5, 5.41) is 12.0. The number of aromatic nitrogens is 1. The van der Waals surface area contributed by atoms with Gasteiger partial charge < -0.3 is 15.4 Å². The van der Waals surface area contributed by atoms with E-state index in [1.54, 1.807) is 6.07 Å². The Morgan fingerprint density at radius 2 is 2.38 bits per heavy atom. The fourth-order valence-corrected chi connectivity index (χ4v) is 1.65. The maximum Gasteiger partial charge on any atom is 0.352 e. The molecule has 1 aromatic rings. The second kappa shape index (κ2) is 3.22. The highest BCUT2D eigenvalue weighted by Gasteiger charge is 2.13. The third-order valence-corrected chi connectivity index (χ3v) is 2.32. The fraction of sp³-hybridized carbons (Fsp3) is 0.444. The number of H-pyrrole nitrogens is 1. The van der Waals surface area contributed by atoms with Crippen molar-refractivity contribution >= 4 is 5.97 Å². The molecule has 0 saturated heterocycles. The van der Waals surface area contributed by atoms with Crippen LogP contribution in [0.5, 0.6) is 0 Å². The molecule has 0 saturated carbocycles. The van der Waals surface area contributed by atoms with Gasteiger partial charge in [0.1, 0.15) is 5.69 Å². The zero-order valence-corrected chi connectivity index (χ0v) is 7.26. The molecule has 1 aliphatic rings. The van der Waals surface area contributed by atoms with E-state index in [-0.39, 0.29) is 0 Å². The number of aromatic carboxylic acids is 1. The molecule has 0 radical (unpaired) electrons. The van der Waals surface area contributed by atoms with E-state index in [2.05, 4.69) is 10.3 Å². The lowest BCUT2D eigenvalue weighted by Crippen LogP contribution is -2.11. The van der Waals surface area contributed by atoms with Gasteiger partial charge >= 0.3 is 5.97 Å². The first-order chi connectivity index (χ1) is 6.27. The quantitative estimate of drug-likeness (QED) is 0.597. The van der Waals surface area contributed by atoms with Crippen molar-refractivity contribution in [3.05, 3.63) is 23.0 Å². The van der Waals surface area contributed by atoms with Crippen molar-refractivity contribution in [2.24, 2.45) is 0 Å². The number of carboxylic acids is 1. The lowest BCUT2D eigenvalue weighted by atomic mass is 10.2. The minimum atomic E-state index is -0.881. The van der Waals surface area contributed by atoms with Crippen molar-refractivity contribution in [3.8, 4) is 0 Å². The highest BCUT2D eigenvalue weighted by molar-refractivity contribution is 5.86. The number of carboxylic acid groups (broad SMARTS) is 1. The van der Waals surface area contributed by atoms with Crippen LogP contribution in [0.4, 0.5) is 0 Å². The van der Waals surface area contributed by atoms with E-state index in [1.807, 2.05) is 0 Å². The Hall–Kier alpha value is -1.29. The van der Waals surface area contributed by atoms with Crippen LogP contribution in [0.1, 0.15) is 28.2 Å². The predicted molar refractivity (Wildman–Crippen MR) is 47.8 cm³/mol. The van der Waals surface area contributed by atoms with Gasteiger partial charge in [0.15, 0.2) is 0 Å². The highest BCUT2D eigenvalue weighted by atomic mass is 16.4. The molecule has 0 atom stereocenters. The molecule has 2 heterocycles. The Morgan fingerprint density at radius 1 is 1.54 bits per heavy atom. The molecular weight excluding hydrogens is 168 g/mol. The Morgan fingerprint density at radius 3 is 3.15 bits per heavy atom. The zero-order chi connectivity index (χ0) is 9.26. The largest absolute Gasteiger partial charge is 0.477 e. The lowest BCUT2D eigenvalue weighted by Gasteiger charge is -1.95. The van der Waals surface area contributed by atoms with Gasteiger partial charge in [-0.3, -0.25) is 0 Å².